The SMILES string of the molecule is C#CCC(CCC)c1cc(Cl)cc(C(C)C)c1OC. The number of rotatable bonds is 6. The molecule has 1 nitrogen and oxygen atoms in total. The van der Waals surface area contributed by atoms with E-state index in [9.17, 15) is 0 Å². The lowest BCUT2D eigenvalue weighted by Gasteiger charge is -2.22. The lowest BCUT2D eigenvalue weighted by atomic mass is 9.87. The first-order chi connectivity index (χ1) is 9.04. The molecule has 0 aromatic heterocycles. The third-order valence-electron chi connectivity index (χ3n) is 3.38. The fourth-order valence-corrected chi connectivity index (χ4v) is 2.70. The maximum absolute atomic E-state index is 6.26. The molecule has 0 saturated carbocycles. The van der Waals surface area contributed by atoms with Gasteiger partial charge < -0.3 is 4.74 Å². The summed E-state index contributed by atoms with van der Waals surface area (Å²) >= 11 is 6.26. The van der Waals surface area contributed by atoms with Crippen molar-refractivity contribution >= 4 is 11.6 Å². The first-order valence-electron chi connectivity index (χ1n) is 6.85. The van der Waals surface area contributed by atoms with Gasteiger partial charge in [0.15, 0.2) is 0 Å². The minimum atomic E-state index is 0.321. The van der Waals surface area contributed by atoms with Gasteiger partial charge in [-0.2, -0.15) is 0 Å². The summed E-state index contributed by atoms with van der Waals surface area (Å²) in [5, 5.41) is 0.762. The number of methoxy groups -OCH3 is 1. The maximum atomic E-state index is 6.26. The molecule has 1 atom stereocenters. The van der Waals surface area contributed by atoms with Crippen molar-refractivity contribution in [3.63, 3.8) is 0 Å². The largest absolute Gasteiger partial charge is 0.496 e. The van der Waals surface area contributed by atoms with Gasteiger partial charge in [-0.25, -0.2) is 0 Å². The minimum Gasteiger partial charge on any atom is -0.496 e. The third-order valence-corrected chi connectivity index (χ3v) is 3.60. The summed E-state index contributed by atoms with van der Waals surface area (Å²) in [6.45, 7) is 6.46. The van der Waals surface area contributed by atoms with Crippen LogP contribution in [-0.4, -0.2) is 7.11 Å². The molecule has 0 saturated heterocycles. The zero-order chi connectivity index (χ0) is 14.4. The summed E-state index contributed by atoms with van der Waals surface area (Å²) in [6.07, 6.45) is 8.38. The molecule has 0 bridgehead atoms. The molecule has 19 heavy (non-hydrogen) atoms. The van der Waals surface area contributed by atoms with Crippen LogP contribution in [-0.2, 0) is 0 Å². The van der Waals surface area contributed by atoms with Crippen LogP contribution in [0, 0.1) is 12.3 Å². The number of ether oxygens (including phenoxy) is 1. The third kappa shape index (κ3) is 3.91. The smallest absolute Gasteiger partial charge is 0.125 e. The van der Waals surface area contributed by atoms with Crippen molar-refractivity contribution in [3.05, 3.63) is 28.3 Å². The van der Waals surface area contributed by atoms with Gasteiger partial charge in [-0.3, -0.25) is 0 Å². The molecule has 1 rings (SSSR count). The van der Waals surface area contributed by atoms with Crippen LogP contribution in [0.15, 0.2) is 12.1 Å². The van der Waals surface area contributed by atoms with E-state index >= 15 is 0 Å². The van der Waals surface area contributed by atoms with E-state index in [4.69, 9.17) is 22.8 Å². The van der Waals surface area contributed by atoms with Gasteiger partial charge in [-0.05, 0) is 41.5 Å². The van der Waals surface area contributed by atoms with E-state index in [1.54, 1.807) is 7.11 Å². The molecule has 1 unspecified atom stereocenters. The van der Waals surface area contributed by atoms with Gasteiger partial charge in [0.2, 0.25) is 0 Å². The van der Waals surface area contributed by atoms with Crippen LogP contribution < -0.4 is 4.74 Å². The molecule has 0 radical (unpaired) electrons. The van der Waals surface area contributed by atoms with E-state index in [1.165, 1.54) is 0 Å². The van der Waals surface area contributed by atoms with Gasteiger partial charge in [0.1, 0.15) is 5.75 Å². The maximum Gasteiger partial charge on any atom is 0.125 e. The molecule has 0 N–H and O–H groups in total. The lowest BCUT2D eigenvalue weighted by molar-refractivity contribution is 0.396. The second-order valence-electron chi connectivity index (χ2n) is 5.17. The summed E-state index contributed by atoms with van der Waals surface area (Å²) in [5.74, 6) is 4.42. The number of hydrogen-bond acceptors (Lipinski definition) is 1. The van der Waals surface area contributed by atoms with Crippen LogP contribution in [0.25, 0.3) is 0 Å². The van der Waals surface area contributed by atoms with E-state index in [1.807, 2.05) is 12.1 Å². The van der Waals surface area contributed by atoms with Crippen LogP contribution in [0.2, 0.25) is 5.02 Å². The molecular weight excluding hydrogens is 256 g/mol. The van der Waals surface area contributed by atoms with Crippen molar-refractivity contribution in [2.24, 2.45) is 0 Å². The van der Waals surface area contributed by atoms with Crippen molar-refractivity contribution in [1.29, 1.82) is 0 Å². The van der Waals surface area contributed by atoms with Crippen LogP contribution in [0.5, 0.6) is 5.75 Å². The average Bonchev–Trinajstić information content (AvgIpc) is 2.37. The number of benzene rings is 1. The quantitative estimate of drug-likeness (QED) is 0.635. The minimum absolute atomic E-state index is 0.321. The number of halogens is 1. The molecule has 0 aliphatic rings. The van der Waals surface area contributed by atoms with Crippen LogP contribution in [0.3, 0.4) is 0 Å². The Morgan fingerprint density at radius 2 is 1.95 bits per heavy atom. The van der Waals surface area contributed by atoms with Crippen LogP contribution >= 0.6 is 11.6 Å². The number of terminal acetylenes is 1. The van der Waals surface area contributed by atoms with Gasteiger partial charge in [-0.15, -0.1) is 12.3 Å². The van der Waals surface area contributed by atoms with E-state index < -0.39 is 0 Å². The molecule has 0 amide bonds. The molecule has 1 aromatic rings. The van der Waals surface area contributed by atoms with Gasteiger partial charge in [0.25, 0.3) is 0 Å². The zero-order valence-corrected chi connectivity index (χ0v) is 13.1. The van der Waals surface area contributed by atoms with Crippen molar-refractivity contribution in [2.75, 3.05) is 7.11 Å². The lowest BCUT2D eigenvalue weighted by Crippen LogP contribution is -2.05. The van der Waals surface area contributed by atoms with E-state index in [0.717, 1.165) is 41.2 Å². The Morgan fingerprint density at radius 1 is 1.32 bits per heavy atom. The van der Waals surface area contributed by atoms with Crippen molar-refractivity contribution in [3.8, 4) is 18.1 Å². The highest BCUT2D eigenvalue weighted by Gasteiger charge is 2.20. The molecule has 0 aliphatic carbocycles. The highest BCUT2D eigenvalue weighted by molar-refractivity contribution is 6.30. The molecule has 0 fully saturated rings. The zero-order valence-electron chi connectivity index (χ0n) is 12.3. The molecule has 2 heteroatoms. The highest BCUT2D eigenvalue weighted by Crippen LogP contribution is 2.39. The van der Waals surface area contributed by atoms with Crippen molar-refractivity contribution < 1.29 is 4.74 Å². The Hall–Kier alpha value is -1.13. The molecule has 0 aliphatic heterocycles. The molecular formula is C17H23ClO. The van der Waals surface area contributed by atoms with Gasteiger partial charge in [0.05, 0.1) is 7.11 Å². The summed E-state index contributed by atoms with van der Waals surface area (Å²) in [4.78, 5) is 0. The molecule has 0 spiro atoms. The normalized spacial score (nSPS) is 12.3. The topological polar surface area (TPSA) is 9.23 Å². The van der Waals surface area contributed by atoms with Crippen molar-refractivity contribution in [2.45, 2.75) is 51.9 Å². The van der Waals surface area contributed by atoms with Crippen LogP contribution in [0.4, 0.5) is 0 Å². The van der Waals surface area contributed by atoms with E-state index in [2.05, 4.69) is 26.7 Å². The van der Waals surface area contributed by atoms with E-state index in [-0.39, 0.29) is 0 Å². The van der Waals surface area contributed by atoms with Gasteiger partial charge in [-0.1, -0.05) is 38.8 Å². The Kier molecular flexibility index (Phi) is 6.25. The van der Waals surface area contributed by atoms with Crippen LogP contribution in [0.1, 0.15) is 63.0 Å². The first kappa shape index (κ1) is 15.9. The summed E-state index contributed by atoms with van der Waals surface area (Å²) in [7, 11) is 1.72. The predicted molar refractivity (Wildman–Crippen MR) is 83.2 cm³/mol. The molecule has 0 heterocycles. The Balaban J connectivity index is 3.34. The summed E-state index contributed by atoms with van der Waals surface area (Å²) < 4.78 is 5.64. The predicted octanol–water partition coefficient (Wildman–Crippen LogP) is 5.38. The fraction of sp³-hybridized carbons (Fsp3) is 0.529. The van der Waals surface area contributed by atoms with Crippen molar-refractivity contribution in [1.82, 2.24) is 0 Å². The van der Waals surface area contributed by atoms with Gasteiger partial charge >= 0.3 is 0 Å². The first-order valence-corrected chi connectivity index (χ1v) is 7.23. The summed E-state index contributed by atoms with van der Waals surface area (Å²) in [5.41, 5.74) is 2.31. The monoisotopic (exact) mass is 278 g/mol. The van der Waals surface area contributed by atoms with E-state index in [0.29, 0.717) is 11.8 Å². The van der Waals surface area contributed by atoms with Gasteiger partial charge in [0, 0.05) is 11.4 Å². The Bertz CT molecular complexity index is 457. The molecule has 104 valence electrons. The Labute approximate surface area is 122 Å². The highest BCUT2D eigenvalue weighted by atomic mass is 35.5. The number of hydrogen-bond donors (Lipinski definition) is 0. The fourth-order valence-electron chi connectivity index (χ4n) is 2.46. The summed E-state index contributed by atoms with van der Waals surface area (Å²) in [6, 6.07) is 4.00. The Morgan fingerprint density at radius 3 is 2.42 bits per heavy atom. The second kappa shape index (κ2) is 7.46. The average molecular weight is 279 g/mol. The molecule has 1 aromatic carbocycles. The standard InChI is InChI=1S/C17H23ClO/c1-6-8-13(9-7-2)16-11-14(18)10-15(12(3)4)17(16)19-5/h1,10-13H,7-9H2,2-5H3. The second-order valence-corrected chi connectivity index (χ2v) is 5.60.